The Morgan fingerprint density at radius 3 is 2.45 bits per heavy atom. The molecule has 0 spiro atoms. The monoisotopic (exact) mass is 442 g/mol. The first-order valence-electron chi connectivity index (χ1n) is 10.4. The number of piperidine rings is 1. The number of aromatic nitrogens is 5. The lowest BCUT2D eigenvalue weighted by molar-refractivity contribution is 0.244. The molecule has 0 radical (unpaired) electrons. The van der Waals surface area contributed by atoms with Gasteiger partial charge >= 0.3 is 0 Å². The molecule has 1 aliphatic rings. The highest BCUT2D eigenvalue weighted by Crippen LogP contribution is 2.24. The Morgan fingerprint density at radius 2 is 1.81 bits per heavy atom. The number of pyridine rings is 1. The Balaban J connectivity index is 1.43. The minimum Gasteiger partial charge on any atom is -0.334 e. The zero-order valence-electron chi connectivity index (χ0n) is 17.6. The van der Waals surface area contributed by atoms with Crippen LogP contribution in [-0.4, -0.2) is 50.1 Å². The molecule has 0 saturated carbocycles. The van der Waals surface area contributed by atoms with E-state index in [0.29, 0.717) is 38.2 Å². The van der Waals surface area contributed by atoms with Crippen LogP contribution < -0.4 is 5.56 Å². The van der Waals surface area contributed by atoms with Crippen molar-refractivity contribution in [2.75, 3.05) is 13.1 Å². The summed E-state index contributed by atoms with van der Waals surface area (Å²) < 4.78 is 30.6. The molecule has 1 aliphatic heterocycles. The van der Waals surface area contributed by atoms with E-state index < -0.39 is 10.0 Å². The molecule has 0 amide bonds. The van der Waals surface area contributed by atoms with Gasteiger partial charge in [-0.1, -0.05) is 0 Å². The SMILES string of the molecule is CC(C)n1cnc(S(=O)(=O)N2CCC(Cn3nc(-c4ccncc4)ccc3=O)CC2)c1. The van der Waals surface area contributed by atoms with E-state index in [2.05, 4.69) is 15.1 Å². The minimum atomic E-state index is -3.61. The maximum atomic E-state index is 12.9. The van der Waals surface area contributed by atoms with E-state index in [4.69, 9.17) is 0 Å². The molecule has 31 heavy (non-hydrogen) atoms. The molecule has 9 nitrogen and oxygen atoms in total. The number of hydrogen-bond donors (Lipinski definition) is 0. The first-order chi connectivity index (χ1) is 14.8. The van der Waals surface area contributed by atoms with Crippen molar-refractivity contribution >= 4 is 10.0 Å². The van der Waals surface area contributed by atoms with Crippen molar-refractivity contribution in [1.82, 2.24) is 28.6 Å². The summed E-state index contributed by atoms with van der Waals surface area (Å²) in [4.78, 5) is 20.4. The quantitative estimate of drug-likeness (QED) is 0.580. The second kappa shape index (κ2) is 8.72. The van der Waals surface area contributed by atoms with Gasteiger partial charge in [-0.05, 0) is 50.8 Å². The van der Waals surface area contributed by atoms with Gasteiger partial charge in [0.05, 0.1) is 12.0 Å². The average Bonchev–Trinajstić information content (AvgIpc) is 3.28. The second-order valence-electron chi connectivity index (χ2n) is 8.08. The van der Waals surface area contributed by atoms with Crippen LogP contribution in [0.15, 0.2) is 59.0 Å². The van der Waals surface area contributed by atoms with Gasteiger partial charge in [-0.25, -0.2) is 18.1 Å². The van der Waals surface area contributed by atoms with Gasteiger partial charge in [0.15, 0.2) is 5.03 Å². The largest absolute Gasteiger partial charge is 0.334 e. The number of nitrogens with zero attached hydrogens (tertiary/aromatic N) is 6. The van der Waals surface area contributed by atoms with Crippen LogP contribution in [0, 0.1) is 5.92 Å². The highest BCUT2D eigenvalue weighted by molar-refractivity contribution is 7.89. The van der Waals surface area contributed by atoms with E-state index >= 15 is 0 Å². The van der Waals surface area contributed by atoms with Gasteiger partial charge in [0.2, 0.25) is 0 Å². The molecule has 4 heterocycles. The van der Waals surface area contributed by atoms with E-state index in [1.54, 1.807) is 35.6 Å². The lowest BCUT2D eigenvalue weighted by Gasteiger charge is -2.30. The van der Waals surface area contributed by atoms with Crippen molar-refractivity contribution in [2.24, 2.45) is 5.92 Å². The third kappa shape index (κ3) is 4.59. The molecule has 1 saturated heterocycles. The zero-order chi connectivity index (χ0) is 22.0. The third-order valence-corrected chi connectivity index (χ3v) is 7.41. The van der Waals surface area contributed by atoms with Crippen LogP contribution in [0.1, 0.15) is 32.7 Å². The molecular weight excluding hydrogens is 416 g/mol. The lowest BCUT2D eigenvalue weighted by atomic mass is 9.98. The molecule has 3 aromatic rings. The number of sulfonamides is 1. The fraction of sp³-hybridized carbons (Fsp3) is 0.429. The zero-order valence-corrected chi connectivity index (χ0v) is 18.4. The molecule has 0 bridgehead atoms. The molecule has 0 N–H and O–H groups in total. The highest BCUT2D eigenvalue weighted by Gasteiger charge is 2.31. The maximum Gasteiger partial charge on any atom is 0.266 e. The Bertz CT molecular complexity index is 1200. The van der Waals surface area contributed by atoms with Crippen molar-refractivity contribution < 1.29 is 8.42 Å². The summed E-state index contributed by atoms with van der Waals surface area (Å²) in [5.74, 6) is 0.178. The van der Waals surface area contributed by atoms with E-state index in [1.807, 2.05) is 26.0 Å². The lowest BCUT2D eigenvalue weighted by Crippen LogP contribution is -2.40. The van der Waals surface area contributed by atoms with Crippen LogP contribution in [0.25, 0.3) is 11.3 Å². The summed E-state index contributed by atoms with van der Waals surface area (Å²) >= 11 is 0. The van der Waals surface area contributed by atoms with Crippen LogP contribution >= 0.6 is 0 Å². The molecule has 0 atom stereocenters. The smallest absolute Gasteiger partial charge is 0.266 e. The predicted octanol–water partition coefficient (Wildman–Crippen LogP) is 2.18. The standard InChI is InChI=1S/C21H26N6O3S/c1-16(2)25-14-20(23-15-25)31(29,30)26-11-7-17(8-12-26)13-27-21(28)4-3-19(24-27)18-5-9-22-10-6-18/h3-6,9-10,14-17H,7-8,11-13H2,1-2H3. The Morgan fingerprint density at radius 1 is 1.10 bits per heavy atom. The summed E-state index contributed by atoms with van der Waals surface area (Å²) in [5, 5.41) is 4.59. The van der Waals surface area contributed by atoms with Gasteiger partial charge in [-0.3, -0.25) is 9.78 Å². The van der Waals surface area contributed by atoms with Crippen LogP contribution in [0.4, 0.5) is 0 Å². The summed E-state index contributed by atoms with van der Waals surface area (Å²) in [6, 6.07) is 7.07. The molecule has 164 valence electrons. The first-order valence-corrected chi connectivity index (χ1v) is 11.8. The number of imidazole rings is 1. The van der Waals surface area contributed by atoms with Crippen LogP contribution in [0.5, 0.6) is 0 Å². The van der Waals surface area contributed by atoms with Crippen molar-refractivity contribution in [3.63, 3.8) is 0 Å². The Kier molecular flexibility index (Phi) is 6.01. The molecule has 0 aliphatic carbocycles. The van der Waals surface area contributed by atoms with E-state index in [-0.39, 0.29) is 22.5 Å². The fourth-order valence-electron chi connectivity index (χ4n) is 3.70. The second-order valence-corrected chi connectivity index (χ2v) is 9.96. The van der Waals surface area contributed by atoms with E-state index in [1.165, 1.54) is 15.1 Å². The van der Waals surface area contributed by atoms with E-state index in [0.717, 1.165) is 5.56 Å². The van der Waals surface area contributed by atoms with Crippen LogP contribution in [0.3, 0.4) is 0 Å². The molecule has 3 aromatic heterocycles. The van der Waals surface area contributed by atoms with Crippen LogP contribution in [-0.2, 0) is 16.6 Å². The van der Waals surface area contributed by atoms with Gasteiger partial charge in [-0.2, -0.15) is 9.40 Å². The van der Waals surface area contributed by atoms with Gasteiger partial charge < -0.3 is 4.57 Å². The summed E-state index contributed by atoms with van der Waals surface area (Å²) in [6.07, 6.45) is 7.84. The van der Waals surface area contributed by atoms with Gasteiger partial charge in [0.1, 0.15) is 0 Å². The van der Waals surface area contributed by atoms with Gasteiger partial charge in [-0.15, -0.1) is 0 Å². The molecule has 0 unspecified atom stereocenters. The van der Waals surface area contributed by atoms with Crippen LogP contribution in [0.2, 0.25) is 0 Å². The third-order valence-electron chi connectivity index (χ3n) is 5.63. The molecule has 10 heteroatoms. The summed E-state index contributed by atoms with van der Waals surface area (Å²) in [7, 11) is -3.61. The summed E-state index contributed by atoms with van der Waals surface area (Å²) in [6.45, 7) is 5.22. The first kappa shape index (κ1) is 21.4. The van der Waals surface area contributed by atoms with Crippen molar-refractivity contribution in [1.29, 1.82) is 0 Å². The van der Waals surface area contributed by atoms with Gasteiger partial charge in [0, 0.05) is 55.9 Å². The van der Waals surface area contributed by atoms with Crippen molar-refractivity contribution in [3.8, 4) is 11.3 Å². The molecular formula is C21H26N6O3S. The fourth-order valence-corrected chi connectivity index (χ4v) is 5.09. The number of rotatable bonds is 6. The molecule has 4 rings (SSSR count). The van der Waals surface area contributed by atoms with Gasteiger partial charge in [0.25, 0.3) is 15.6 Å². The topological polar surface area (TPSA) is 103 Å². The minimum absolute atomic E-state index is 0.0857. The predicted molar refractivity (Wildman–Crippen MR) is 116 cm³/mol. The normalized spacial score (nSPS) is 16.1. The molecule has 1 fully saturated rings. The highest BCUT2D eigenvalue weighted by atomic mass is 32.2. The van der Waals surface area contributed by atoms with Crippen molar-refractivity contribution in [3.05, 3.63) is 59.5 Å². The number of hydrogen-bond acceptors (Lipinski definition) is 6. The Labute approximate surface area is 181 Å². The average molecular weight is 443 g/mol. The molecule has 0 aromatic carbocycles. The van der Waals surface area contributed by atoms with E-state index in [9.17, 15) is 13.2 Å². The summed E-state index contributed by atoms with van der Waals surface area (Å²) in [5.41, 5.74) is 1.44. The maximum absolute atomic E-state index is 12.9. The van der Waals surface area contributed by atoms with Crippen molar-refractivity contribution in [2.45, 2.75) is 44.3 Å². The Hall–Kier alpha value is -2.85.